The van der Waals surface area contributed by atoms with Crippen molar-refractivity contribution >= 4 is 34.4 Å². The highest BCUT2D eigenvalue weighted by molar-refractivity contribution is 7.97. The number of nitrogens with zero attached hydrogens (tertiary/aromatic N) is 3. The number of alkyl halides is 3. The maximum absolute atomic E-state index is 13.8. The number of imidazole rings is 1. The van der Waals surface area contributed by atoms with E-state index in [2.05, 4.69) is 10.3 Å². The Kier molecular flexibility index (Phi) is 7.14. The molecule has 1 aliphatic heterocycles. The fourth-order valence-corrected chi connectivity index (χ4v) is 4.41. The van der Waals surface area contributed by atoms with Gasteiger partial charge in [0.1, 0.15) is 12.4 Å². The number of benzene rings is 2. The van der Waals surface area contributed by atoms with Crippen molar-refractivity contribution in [3.05, 3.63) is 59.4 Å². The van der Waals surface area contributed by atoms with Gasteiger partial charge in [-0.15, -0.1) is 0 Å². The fourth-order valence-electron chi connectivity index (χ4n) is 3.94. The van der Waals surface area contributed by atoms with Crippen molar-refractivity contribution in [1.29, 1.82) is 0 Å². The number of nitrogens with one attached hydrogen (secondary N) is 1. The lowest BCUT2D eigenvalue weighted by atomic mass is 10.0. The molecule has 0 radical (unpaired) electrons. The van der Waals surface area contributed by atoms with Crippen LogP contribution >= 0.6 is 11.8 Å². The van der Waals surface area contributed by atoms with Gasteiger partial charge in [-0.05, 0) is 36.1 Å². The first-order valence-corrected chi connectivity index (χ1v) is 12.0. The number of amides is 1. The molecule has 176 valence electrons. The van der Waals surface area contributed by atoms with Crippen LogP contribution in [0, 0.1) is 0 Å². The van der Waals surface area contributed by atoms with Gasteiger partial charge >= 0.3 is 6.18 Å². The second-order valence-electron chi connectivity index (χ2n) is 7.75. The van der Waals surface area contributed by atoms with E-state index < -0.39 is 11.7 Å². The van der Waals surface area contributed by atoms with E-state index in [0.29, 0.717) is 37.7 Å². The lowest BCUT2D eigenvalue weighted by molar-refractivity contribution is -0.138. The summed E-state index contributed by atoms with van der Waals surface area (Å²) in [5.74, 6) is 1.01. The number of morpholine rings is 1. The Hall–Kier alpha value is -2.72. The molecule has 1 aromatic heterocycles. The second kappa shape index (κ2) is 10.0. The summed E-state index contributed by atoms with van der Waals surface area (Å²) in [4.78, 5) is 19.1. The summed E-state index contributed by atoms with van der Waals surface area (Å²) in [6.07, 6.45) is -2.57. The van der Waals surface area contributed by atoms with E-state index >= 15 is 0 Å². The molecule has 3 aromatic rings. The van der Waals surface area contributed by atoms with Gasteiger partial charge in [0, 0.05) is 25.3 Å². The van der Waals surface area contributed by atoms with Gasteiger partial charge in [0.2, 0.25) is 5.91 Å². The lowest BCUT2D eigenvalue weighted by Gasteiger charge is -2.29. The molecule has 0 unspecified atom stereocenters. The third-order valence-corrected chi connectivity index (χ3v) is 6.11. The fraction of sp³-hybridized carbons (Fsp3) is 0.391. The summed E-state index contributed by atoms with van der Waals surface area (Å²) < 4.78 is 48.4. The highest BCUT2D eigenvalue weighted by Gasteiger charge is 2.34. The van der Waals surface area contributed by atoms with Crippen LogP contribution < -0.4 is 10.2 Å². The summed E-state index contributed by atoms with van der Waals surface area (Å²) >= 11 is 1.59. The Labute approximate surface area is 194 Å². The molecule has 6 nitrogen and oxygen atoms in total. The van der Waals surface area contributed by atoms with E-state index in [0.717, 1.165) is 22.9 Å². The first-order chi connectivity index (χ1) is 15.9. The topological polar surface area (TPSA) is 59.4 Å². The number of ether oxygens (including phenoxy) is 1. The number of thioether (sulfide) groups is 1. The average molecular weight is 479 g/mol. The van der Waals surface area contributed by atoms with Crippen molar-refractivity contribution in [1.82, 2.24) is 14.9 Å². The first-order valence-electron chi connectivity index (χ1n) is 10.6. The molecule has 33 heavy (non-hydrogen) atoms. The number of hydrogen-bond acceptors (Lipinski definition) is 5. The minimum absolute atomic E-state index is 0.0103. The van der Waals surface area contributed by atoms with Gasteiger partial charge in [-0.3, -0.25) is 4.79 Å². The van der Waals surface area contributed by atoms with E-state index in [4.69, 9.17) is 4.74 Å². The van der Waals surface area contributed by atoms with Crippen molar-refractivity contribution < 1.29 is 22.7 Å². The monoisotopic (exact) mass is 478 g/mol. The number of carbonyl (C=O) groups is 1. The number of para-hydroxylation sites is 2. The maximum Gasteiger partial charge on any atom is 0.416 e. The number of hydrogen-bond donors (Lipinski definition) is 1. The zero-order chi connectivity index (χ0) is 23.4. The van der Waals surface area contributed by atoms with Crippen LogP contribution in [0.1, 0.15) is 17.0 Å². The van der Waals surface area contributed by atoms with Crippen molar-refractivity contribution in [3.63, 3.8) is 0 Å². The molecule has 2 heterocycles. The number of carbonyl (C=O) groups excluding carboxylic acids is 1. The van der Waals surface area contributed by atoms with Gasteiger partial charge in [0.25, 0.3) is 0 Å². The zero-order valence-corrected chi connectivity index (χ0v) is 19.0. The predicted octanol–water partition coefficient (Wildman–Crippen LogP) is 4.07. The standard InChI is InChI=1S/C23H25F3N4O2S/c1-33-15-21-28-19-4-2-3-5-20(19)30(21)14-22(31)27-13-16-6-7-17(12-18(16)23(24,25)26)29-8-10-32-11-9-29/h2-7,12H,8-11,13-15H2,1H3,(H,27,31). The zero-order valence-electron chi connectivity index (χ0n) is 18.2. The van der Waals surface area contributed by atoms with E-state index in [1.807, 2.05) is 40.0 Å². The molecule has 1 fully saturated rings. The summed E-state index contributed by atoms with van der Waals surface area (Å²) in [6.45, 7) is 1.85. The van der Waals surface area contributed by atoms with Gasteiger partial charge < -0.3 is 19.5 Å². The molecule has 0 atom stereocenters. The third kappa shape index (κ3) is 5.44. The summed E-state index contributed by atoms with van der Waals surface area (Å²) in [5, 5.41) is 2.65. The molecule has 4 rings (SSSR count). The maximum atomic E-state index is 13.8. The van der Waals surface area contributed by atoms with Crippen LogP contribution in [0.4, 0.5) is 18.9 Å². The quantitative estimate of drug-likeness (QED) is 0.555. The first kappa shape index (κ1) is 23.4. The van der Waals surface area contributed by atoms with Crippen LogP contribution in [-0.2, 0) is 34.6 Å². The molecule has 0 spiro atoms. The van der Waals surface area contributed by atoms with Gasteiger partial charge in [-0.2, -0.15) is 24.9 Å². The van der Waals surface area contributed by atoms with Crippen molar-refractivity contribution in [3.8, 4) is 0 Å². The molecule has 0 saturated carbocycles. The lowest BCUT2D eigenvalue weighted by Crippen LogP contribution is -2.36. The Bertz CT molecular complexity index is 1130. The molecule has 0 bridgehead atoms. The third-order valence-electron chi connectivity index (χ3n) is 5.56. The van der Waals surface area contributed by atoms with E-state index in [1.54, 1.807) is 17.8 Å². The minimum Gasteiger partial charge on any atom is -0.378 e. The van der Waals surface area contributed by atoms with Crippen molar-refractivity contribution in [2.24, 2.45) is 0 Å². The van der Waals surface area contributed by atoms with Gasteiger partial charge in [0.15, 0.2) is 0 Å². The Balaban J connectivity index is 1.50. The van der Waals surface area contributed by atoms with Crippen molar-refractivity contribution in [2.75, 3.05) is 37.5 Å². The van der Waals surface area contributed by atoms with Crippen LogP contribution in [0.15, 0.2) is 42.5 Å². The Morgan fingerprint density at radius 3 is 2.67 bits per heavy atom. The van der Waals surface area contributed by atoms with Crippen LogP contribution in [0.25, 0.3) is 11.0 Å². The molecule has 0 aliphatic carbocycles. The summed E-state index contributed by atoms with van der Waals surface area (Å²) in [6, 6.07) is 11.8. The highest BCUT2D eigenvalue weighted by Crippen LogP contribution is 2.35. The Morgan fingerprint density at radius 2 is 1.94 bits per heavy atom. The van der Waals surface area contributed by atoms with Crippen LogP contribution in [0.2, 0.25) is 0 Å². The number of rotatable bonds is 7. The number of anilines is 1. The molecule has 10 heteroatoms. The SMILES string of the molecule is CSCc1nc2ccccc2n1CC(=O)NCc1ccc(N2CCOCC2)cc1C(F)(F)F. The van der Waals surface area contributed by atoms with Crippen LogP contribution in [-0.4, -0.2) is 48.0 Å². The summed E-state index contributed by atoms with van der Waals surface area (Å²) in [7, 11) is 0. The molecule has 1 amide bonds. The average Bonchev–Trinajstić information content (AvgIpc) is 3.15. The van der Waals surface area contributed by atoms with E-state index in [1.165, 1.54) is 6.07 Å². The molecule has 1 saturated heterocycles. The van der Waals surface area contributed by atoms with Gasteiger partial charge in [-0.1, -0.05) is 18.2 Å². The molecule has 2 aromatic carbocycles. The smallest absolute Gasteiger partial charge is 0.378 e. The van der Waals surface area contributed by atoms with E-state index in [9.17, 15) is 18.0 Å². The van der Waals surface area contributed by atoms with E-state index in [-0.39, 0.29) is 24.6 Å². The number of halogens is 3. The minimum atomic E-state index is -4.52. The molecular weight excluding hydrogens is 453 g/mol. The number of fused-ring (bicyclic) bond motifs is 1. The van der Waals surface area contributed by atoms with Crippen molar-refractivity contribution in [2.45, 2.75) is 25.0 Å². The molecular formula is C23H25F3N4O2S. The van der Waals surface area contributed by atoms with Crippen LogP contribution in [0.5, 0.6) is 0 Å². The highest BCUT2D eigenvalue weighted by atomic mass is 32.2. The Morgan fingerprint density at radius 1 is 1.18 bits per heavy atom. The van der Waals surface area contributed by atoms with Gasteiger partial charge in [-0.25, -0.2) is 4.98 Å². The largest absolute Gasteiger partial charge is 0.416 e. The second-order valence-corrected chi connectivity index (χ2v) is 8.62. The normalized spacial score (nSPS) is 14.6. The summed E-state index contributed by atoms with van der Waals surface area (Å²) in [5.41, 5.74) is 1.41. The molecule has 1 aliphatic rings. The van der Waals surface area contributed by atoms with Gasteiger partial charge in [0.05, 0.1) is 35.6 Å². The van der Waals surface area contributed by atoms with Crippen LogP contribution in [0.3, 0.4) is 0 Å². The predicted molar refractivity (Wildman–Crippen MR) is 123 cm³/mol. The molecule has 1 N–H and O–H groups in total. The number of aromatic nitrogens is 2.